The molecule has 27 heavy (non-hydrogen) atoms. The van der Waals surface area contributed by atoms with Crippen LogP contribution < -0.4 is 14.8 Å². The summed E-state index contributed by atoms with van der Waals surface area (Å²) in [6.45, 7) is 8.17. The van der Waals surface area contributed by atoms with Gasteiger partial charge in [-0.15, -0.1) is 0 Å². The minimum Gasteiger partial charge on any atom is -0.493 e. The summed E-state index contributed by atoms with van der Waals surface area (Å²) < 4.78 is 11.1. The van der Waals surface area contributed by atoms with Gasteiger partial charge in [-0.25, -0.2) is 0 Å². The second-order valence-electron chi connectivity index (χ2n) is 6.55. The van der Waals surface area contributed by atoms with Crippen LogP contribution in [-0.2, 0) is 6.54 Å². The fourth-order valence-electron chi connectivity index (χ4n) is 3.04. The third kappa shape index (κ3) is 4.90. The Bertz CT molecular complexity index is 824. The molecule has 2 N–H and O–H groups in total. The van der Waals surface area contributed by atoms with Gasteiger partial charge in [-0.05, 0) is 50.5 Å². The number of amides is 1. The van der Waals surface area contributed by atoms with Crippen LogP contribution in [0.25, 0.3) is 0 Å². The van der Waals surface area contributed by atoms with Crippen LogP contribution >= 0.6 is 0 Å². The van der Waals surface area contributed by atoms with Gasteiger partial charge in [-0.1, -0.05) is 19.4 Å². The lowest BCUT2D eigenvalue weighted by molar-refractivity contribution is 0.0945. The number of aryl methyl sites for hydroxylation is 1. The number of methoxy groups -OCH3 is 1. The molecule has 0 fully saturated rings. The first-order valence-electron chi connectivity index (χ1n) is 9.17. The summed E-state index contributed by atoms with van der Waals surface area (Å²) in [5.74, 6) is 1.04. The summed E-state index contributed by atoms with van der Waals surface area (Å²) in [6, 6.07) is 5.61. The first-order chi connectivity index (χ1) is 12.9. The van der Waals surface area contributed by atoms with E-state index < -0.39 is 0 Å². The number of rotatable bonds is 9. The quantitative estimate of drug-likeness (QED) is 0.516. The van der Waals surface area contributed by atoms with Crippen LogP contribution in [0.15, 0.2) is 18.2 Å². The van der Waals surface area contributed by atoms with E-state index in [2.05, 4.69) is 17.2 Å². The molecule has 1 aromatic heterocycles. The molecular formula is C21H28N2O4. The van der Waals surface area contributed by atoms with Crippen LogP contribution in [-0.4, -0.2) is 30.4 Å². The van der Waals surface area contributed by atoms with Crippen LogP contribution in [0.5, 0.6) is 11.5 Å². The van der Waals surface area contributed by atoms with Gasteiger partial charge in [0.2, 0.25) is 0 Å². The monoisotopic (exact) mass is 372 g/mol. The van der Waals surface area contributed by atoms with E-state index >= 15 is 0 Å². The summed E-state index contributed by atoms with van der Waals surface area (Å²) in [6.07, 6.45) is 2.05. The van der Waals surface area contributed by atoms with Gasteiger partial charge in [0.25, 0.3) is 5.91 Å². The van der Waals surface area contributed by atoms with Crippen molar-refractivity contribution in [1.29, 1.82) is 0 Å². The number of aromatic nitrogens is 1. The number of carbonyl (C=O) groups is 2. The smallest absolute Gasteiger partial charge is 0.268 e. The van der Waals surface area contributed by atoms with E-state index in [4.69, 9.17) is 9.47 Å². The maximum atomic E-state index is 12.5. The lowest BCUT2D eigenvalue weighted by atomic mass is 10.1. The van der Waals surface area contributed by atoms with Crippen LogP contribution in [0.2, 0.25) is 0 Å². The lowest BCUT2D eigenvalue weighted by Crippen LogP contribution is -2.24. The SMILES string of the molecule is CCCCOc1ccc(CNC(=O)c2[nH]c(C)c(C(C)=O)c2C)cc1OC. The average molecular weight is 372 g/mol. The molecule has 0 spiro atoms. The topological polar surface area (TPSA) is 80.4 Å². The highest BCUT2D eigenvalue weighted by Crippen LogP contribution is 2.28. The number of unbranched alkanes of at least 4 members (excludes halogenated alkanes) is 1. The molecule has 0 saturated heterocycles. The van der Waals surface area contributed by atoms with E-state index in [1.807, 2.05) is 18.2 Å². The molecule has 0 aliphatic rings. The Labute approximate surface area is 160 Å². The fraction of sp³-hybridized carbons (Fsp3) is 0.429. The molecule has 0 aliphatic heterocycles. The first-order valence-corrected chi connectivity index (χ1v) is 9.17. The number of aromatic amines is 1. The molecule has 0 saturated carbocycles. The normalized spacial score (nSPS) is 10.6. The third-order valence-electron chi connectivity index (χ3n) is 4.45. The number of hydrogen-bond donors (Lipinski definition) is 2. The number of hydrogen-bond acceptors (Lipinski definition) is 4. The minimum atomic E-state index is -0.245. The van der Waals surface area contributed by atoms with E-state index in [0.717, 1.165) is 18.4 Å². The van der Waals surface area contributed by atoms with Crippen molar-refractivity contribution in [2.24, 2.45) is 0 Å². The Morgan fingerprint density at radius 2 is 1.93 bits per heavy atom. The molecule has 0 atom stereocenters. The second-order valence-corrected chi connectivity index (χ2v) is 6.55. The molecule has 1 aromatic carbocycles. The van der Waals surface area contributed by atoms with E-state index in [9.17, 15) is 9.59 Å². The van der Waals surface area contributed by atoms with Crippen molar-refractivity contribution in [3.05, 3.63) is 46.3 Å². The number of Topliss-reactive ketones (excluding diaryl/α,β-unsaturated/α-hetero) is 1. The highest BCUT2D eigenvalue weighted by atomic mass is 16.5. The van der Waals surface area contributed by atoms with Crippen LogP contribution in [0.3, 0.4) is 0 Å². The fourth-order valence-corrected chi connectivity index (χ4v) is 3.04. The zero-order valence-electron chi connectivity index (χ0n) is 16.7. The summed E-state index contributed by atoms with van der Waals surface area (Å²) >= 11 is 0. The van der Waals surface area contributed by atoms with E-state index in [1.165, 1.54) is 6.92 Å². The van der Waals surface area contributed by atoms with Crippen LogP contribution in [0, 0.1) is 13.8 Å². The molecule has 6 nitrogen and oxygen atoms in total. The maximum Gasteiger partial charge on any atom is 0.268 e. The Hall–Kier alpha value is -2.76. The highest BCUT2D eigenvalue weighted by molar-refractivity contribution is 6.02. The predicted octanol–water partition coefficient (Wildman–Crippen LogP) is 3.95. The molecule has 1 amide bonds. The van der Waals surface area contributed by atoms with Crippen LogP contribution in [0.1, 0.15) is 64.4 Å². The molecule has 0 radical (unpaired) electrons. The van der Waals surface area contributed by atoms with E-state index in [0.29, 0.717) is 47.2 Å². The van der Waals surface area contributed by atoms with Gasteiger partial charge in [0.05, 0.1) is 13.7 Å². The van der Waals surface area contributed by atoms with Gasteiger partial charge in [0, 0.05) is 17.8 Å². The Kier molecular flexibility index (Phi) is 7.05. The molecule has 0 aliphatic carbocycles. The van der Waals surface area contributed by atoms with Crippen LogP contribution in [0.4, 0.5) is 0 Å². The van der Waals surface area contributed by atoms with Gasteiger partial charge < -0.3 is 19.8 Å². The zero-order valence-corrected chi connectivity index (χ0v) is 16.7. The molecule has 2 rings (SSSR count). The van der Waals surface area contributed by atoms with Gasteiger partial charge in [0.15, 0.2) is 17.3 Å². The van der Waals surface area contributed by atoms with Crippen molar-refractivity contribution in [2.75, 3.05) is 13.7 Å². The highest BCUT2D eigenvalue weighted by Gasteiger charge is 2.19. The Morgan fingerprint density at radius 1 is 1.19 bits per heavy atom. The average Bonchev–Trinajstić information content (AvgIpc) is 2.95. The number of carbonyl (C=O) groups excluding carboxylic acids is 2. The summed E-state index contributed by atoms with van der Waals surface area (Å²) in [4.78, 5) is 27.2. The van der Waals surface area contributed by atoms with E-state index in [-0.39, 0.29) is 11.7 Å². The predicted molar refractivity (Wildman–Crippen MR) is 105 cm³/mol. The molecule has 146 valence electrons. The van der Waals surface area contributed by atoms with Crippen molar-refractivity contribution >= 4 is 11.7 Å². The number of nitrogens with one attached hydrogen (secondary N) is 2. The van der Waals surface area contributed by atoms with Crippen molar-refractivity contribution in [2.45, 2.75) is 47.1 Å². The first kappa shape index (κ1) is 20.6. The minimum absolute atomic E-state index is 0.0521. The number of H-pyrrole nitrogens is 1. The second kappa shape index (κ2) is 9.26. The standard InChI is InChI=1S/C21H28N2O4/c1-6-7-10-27-17-9-8-16(11-18(17)26-5)12-22-21(25)20-13(2)19(15(4)24)14(3)23-20/h8-9,11,23H,6-7,10,12H2,1-5H3,(H,22,25). The van der Waals surface area contributed by atoms with Crippen molar-refractivity contribution < 1.29 is 19.1 Å². The molecule has 1 heterocycles. The van der Waals surface area contributed by atoms with E-state index in [1.54, 1.807) is 21.0 Å². The lowest BCUT2D eigenvalue weighted by Gasteiger charge is -2.12. The number of ether oxygens (including phenoxy) is 2. The summed E-state index contributed by atoms with van der Waals surface area (Å²) in [5.41, 5.74) is 3.28. The van der Waals surface area contributed by atoms with Crippen molar-refractivity contribution in [3.63, 3.8) is 0 Å². The molecular weight excluding hydrogens is 344 g/mol. The third-order valence-corrected chi connectivity index (χ3v) is 4.45. The maximum absolute atomic E-state index is 12.5. The molecule has 0 unspecified atom stereocenters. The van der Waals surface area contributed by atoms with Gasteiger partial charge in [0.1, 0.15) is 5.69 Å². The molecule has 2 aromatic rings. The number of ketones is 1. The number of benzene rings is 1. The Morgan fingerprint density at radius 3 is 2.52 bits per heavy atom. The zero-order chi connectivity index (χ0) is 20.0. The molecule has 0 bridgehead atoms. The van der Waals surface area contributed by atoms with Gasteiger partial charge in [-0.3, -0.25) is 9.59 Å². The van der Waals surface area contributed by atoms with Gasteiger partial charge >= 0.3 is 0 Å². The Balaban J connectivity index is 2.07. The summed E-state index contributed by atoms with van der Waals surface area (Å²) in [7, 11) is 1.60. The summed E-state index contributed by atoms with van der Waals surface area (Å²) in [5, 5.41) is 2.88. The van der Waals surface area contributed by atoms with Gasteiger partial charge in [-0.2, -0.15) is 0 Å². The van der Waals surface area contributed by atoms with Crippen molar-refractivity contribution in [1.82, 2.24) is 10.3 Å². The van der Waals surface area contributed by atoms with Crippen molar-refractivity contribution in [3.8, 4) is 11.5 Å². The largest absolute Gasteiger partial charge is 0.493 e. The molecule has 6 heteroatoms.